The first kappa shape index (κ1) is 16.5. The number of nitrogens with two attached hydrogens (primary N) is 1. The molecule has 8 heteroatoms. The summed E-state index contributed by atoms with van der Waals surface area (Å²) in [6.07, 6.45) is 4.41. The molecule has 1 aliphatic carbocycles. The average Bonchev–Trinajstić information content (AvgIpc) is 3.18. The molecular weight excluding hydrogens is 352 g/mol. The maximum Gasteiger partial charge on any atom is 0.316 e. The Morgan fingerprint density at radius 3 is 2.73 bits per heavy atom. The van der Waals surface area contributed by atoms with Gasteiger partial charge in [0.1, 0.15) is 4.83 Å². The number of ketones is 1. The Bertz CT molecular complexity index is 1080. The zero-order chi connectivity index (χ0) is 18.3. The van der Waals surface area contributed by atoms with E-state index in [-0.39, 0.29) is 17.9 Å². The van der Waals surface area contributed by atoms with Crippen molar-refractivity contribution in [3.63, 3.8) is 0 Å². The van der Waals surface area contributed by atoms with Crippen molar-refractivity contribution in [3.8, 4) is 0 Å². The molecule has 2 heterocycles. The van der Waals surface area contributed by atoms with Crippen molar-refractivity contribution in [2.45, 2.75) is 25.8 Å². The quantitative estimate of drug-likeness (QED) is 0.689. The minimum atomic E-state index is -0.668. The topological polar surface area (TPSA) is 107 Å². The van der Waals surface area contributed by atoms with Gasteiger partial charge in [-0.15, -0.1) is 11.3 Å². The van der Waals surface area contributed by atoms with Crippen LogP contribution in [0.2, 0.25) is 0 Å². The van der Waals surface area contributed by atoms with Gasteiger partial charge in [0.25, 0.3) is 5.56 Å². The summed E-state index contributed by atoms with van der Waals surface area (Å²) in [6.45, 7) is -0.0744. The number of aryl methyl sites for hydroxylation is 2. The normalized spacial score (nSPS) is 12.9. The maximum atomic E-state index is 12.8. The molecule has 0 bridgehead atoms. The Morgan fingerprint density at radius 1 is 1.23 bits per heavy atom. The van der Waals surface area contributed by atoms with Gasteiger partial charge >= 0.3 is 6.03 Å². The lowest BCUT2D eigenvalue weighted by Gasteiger charge is -2.06. The Kier molecular flexibility index (Phi) is 4.04. The van der Waals surface area contributed by atoms with Crippen LogP contribution in [0.25, 0.3) is 10.2 Å². The monoisotopic (exact) mass is 368 g/mol. The van der Waals surface area contributed by atoms with Crippen molar-refractivity contribution in [2.24, 2.45) is 5.73 Å². The van der Waals surface area contributed by atoms with E-state index < -0.39 is 6.03 Å². The SMILES string of the molecule is NC(=O)Nc1ccc(C(=O)Cn2cnc3sc4c(c3c2=O)CCC4)cc1. The van der Waals surface area contributed by atoms with Crippen LogP contribution in [0.1, 0.15) is 27.2 Å². The van der Waals surface area contributed by atoms with E-state index >= 15 is 0 Å². The second-order valence-corrected chi connectivity index (χ2v) is 7.29. The number of carbonyl (C=O) groups is 2. The third kappa shape index (κ3) is 2.88. The van der Waals surface area contributed by atoms with Crippen LogP contribution in [0, 0.1) is 0 Å². The van der Waals surface area contributed by atoms with Crippen LogP contribution in [0.3, 0.4) is 0 Å². The summed E-state index contributed by atoms with van der Waals surface area (Å²) >= 11 is 1.58. The Labute approximate surface area is 152 Å². The van der Waals surface area contributed by atoms with Crippen molar-refractivity contribution in [1.82, 2.24) is 9.55 Å². The highest BCUT2D eigenvalue weighted by molar-refractivity contribution is 7.18. The first-order valence-electron chi connectivity index (χ1n) is 8.22. The van der Waals surface area contributed by atoms with Gasteiger partial charge in [-0.05, 0) is 49.1 Å². The van der Waals surface area contributed by atoms with Crippen LogP contribution in [0.15, 0.2) is 35.4 Å². The van der Waals surface area contributed by atoms with E-state index in [0.717, 1.165) is 29.7 Å². The van der Waals surface area contributed by atoms with E-state index in [1.165, 1.54) is 15.8 Å². The third-order valence-corrected chi connectivity index (χ3v) is 5.68. The van der Waals surface area contributed by atoms with E-state index in [2.05, 4.69) is 10.3 Å². The van der Waals surface area contributed by atoms with E-state index in [1.807, 2.05) is 0 Å². The number of thiophene rings is 1. The van der Waals surface area contributed by atoms with Crippen LogP contribution in [0.5, 0.6) is 0 Å². The lowest BCUT2D eigenvalue weighted by molar-refractivity contribution is 0.0970. The summed E-state index contributed by atoms with van der Waals surface area (Å²) in [5.74, 6) is -0.203. The summed E-state index contributed by atoms with van der Waals surface area (Å²) in [4.78, 5) is 42.5. The molecule has 4 rings (SSSR count). The number of rotatable bonds is 4. The molecule has 0 atom stereocenters. The highest BCUT2D eigenvalue weighted by Gasteiger charge is 2.21. The minimum Gasteiger partial charge on any atom is -0.351 e. The molecule has 0 radical (unpaired) electrons. The largest absolute Gasteiger partial charge is 0.351 e. The molecule has 3 N–H and O–H groups in total. The van der Waals surface area contributed by atoms with Gasteiger partial charge in [-0.25, -0.2) is 9.78 Å². The number of primary amides is 1. The Hall–Kier alpha value is -3.00. The summed E-state index contributed by atoms with van der Waals surface area (Å²) in [6, 6.07) is 5.69. The molecule has 0 aliphatic heterocycles. The fourth-order valence-electron chi connectivity index (χ4n) is 3.26. The van der Waals surface area contributed by atoms with Gasteiger partial charge in [-0.1, -0.05) is 0 Å². The molecule has 1 aliphatic rings. The second kappa shape index (κ2) is 6.38. The zero-order valence-corrected chi connectivity index (χ0v) is 14.6. The van der Waals surface area contributed by atoms with Crippen LogP contribution >= 0.6 is 11.3 Å². The molecule has 3 aromatic rings. The number of carbonyl (C=O) groups excluding carboxylic acids is 2. The van der Waals surface area contributed by atoms with Gasteiger partial charge in [0.15, 0.2) is 5.78 Å². The van der Waals surface area contributed by atoms with Crippen molar-refractivity contribution in [1.29, 1.82) is 0 Å². The predicted octanol–water partition coefficient (Wildman–Crippen LogP) is 2.32. The Balaban J connectivity index is 1.61. The summed E-state index contributed by atoms with van der Waals surface area (Å²) < 4.78 is 1.37. The average molecular weight is 368 g/mol. The fraction of sp³-hybridized carbons (Fsp3) is 0.222. The van der Waals surface area contributed by atoms with E-state index in [1.54, 1.807) is 35.6 Å². The lowest BCUT2D eigenvalue weighted by atomic mass is 10.1. The first-order chi connectivity index (χ1) is 12.5. The van der Waals surface area contributed by atoms with Crippen molar-refractivity contribution < 1.29 is 9.59 Å². The highest BCUT2D eigenvalue weighted by atomic mass is 32.1. The van der Waals surface area contributed by atoms with Crippen LogP contribution in [-0.2, 0) is 19.4 Å². The highest BCUT2D eigenvalue weighted by Crippen LogP contribution is 2.34. The van der Waals surface area contributed by atoms with Crippen LogP contribution in [0.4, 0.5) is 10.5 Å². The maximum absolute atomic E-state index is 12.8. The molecule has 0 saturated carbocycles. The number of amides is 2. The smallest absolute Gasteiger partial charge is 0.316 e. The summed E-state index contributed by atoms with van der Waals surface area (Å²) in [5.41, 5.74) is 6.95. The molecule has 0 fully saturated rings. The van der Waals surface area contributed by atoms with Gasteiger partial charge < -0.3 is 11.1 Å². The molecule has 1 aromatic carbocycles. The number of urea groups is 1. The molecule has 132 valence electrons. The lowest BCUT2D eigenvalue weighted by Crippen LogP contribution is -2.24. The fourth-order valence-corrected chi connectivity index (χ4v) is 4.48. The first-order valence-corrected chi connectivity index (χ1v) is 9.04. The summed E-state index contributed by atoms with van der Waals surface area (Å²) in [5, 5.41) is 3.10. The summed E-state index contributed by atoms with van der Waals surface area (Å²) in [7, 11) is 0. The van der Waals surface area contributed by atoms with E-state index in [4.69, 9.17) is 5.73 Å². The number of hydrogen-bond acceptors (Lipinski definition) is 5. The number of aromatic nitrogens is 2. The molecule has 0 spiro atoms. The van der Waals surface area contributed by atoms with Crippen molar-refractivity contribution in [2.75, 3.05) is 5.32 Å². The van der Waals surface area contributed by atoms with E-state index in [0.29, 0.717) is 16.6 Å². The second-order valence-electron chi connectivity index (χ2n) is 6.20. The predicted molar refractivity (Wildman–Crippen MR) is 99.9 cm³/mol. The van der Waals surface area contributed by atoms with Crippen LogP contribution in [-0.4, -0.2) is 21.4 Å². The third-order valence-electron chi connectivity index (χ3n) is 4.48. The number of benzene rings is 1. The minimum absolute atomic E-state index is 0.0744. The molecule has 0 saturated heterocycles. The number of nitrogens with one attached hydrogen (secondary N) is 1. The molecule has 0 unspecified atom stereocenters. The molecule has 26 heavy (non-hydrogen) atoms. The number of nitrogens with zero attached hydrogens (tertiary/aromatic N) is 2. The van der Waals surface area contributed by atoms with Gasteiger partial charge in [0.2, 0.25) is 0 Å². The van der Waals surface area contributed by atoms with Crippen molar-refractivity contribution >= 4 is 39.1 Å². The van der Waals surface area contributed by atoms with Crippen molar-refractivity contribution in [3.05, 3.63) is 57.0 Å². The number of fused-ring (bicyclic) bond motifs is 3. The van der Waals surface area contributed by atoms with Gasteiger partial charge in [0.05, 0.1) is 18.3 Å². The number of anilines is 1. The standard InChI is InChI=1S/C18H16N4O3S/c19-18(25)21-11-6-4-10(5-7-11)13(23)8-22-9-20-16-15(17(22)24)12-2-1-3-14(12)26-16/h4-7,9H,1-3,8H2,(H3,19,21,25). The van der Waals surface area contributed by atoms with E-state index in [9.17, 15) is 14.4 Å². The van der Waals surface area contributed by atoms with Gasteiger partial charge in [-0.3, -0.25) is 14.2 Å². The molecule has 2 aromatic heterocycles. The molecule has 2 amide bonds. The number of Topliss-reactive ketones (excluding diaryl/α,β-unsaturated/α-hetero) is 1. The zero-order valence-electron chi connectivity index (χ0n) is 13.8. The number of hydrogen-bond donors (Lipinski definition) is 2. The van der Waals surface area contributed by atoms with Gasteiger partial charge in [-0.2, -0.15) is 0 Å². The molecule has 7 nitrogen and oxygen atoms in total. The Morgan fingerprint density at radius 2 is 2.00 bits per heavy atom. The van der Waals surface area contributed by atoms with Crippen LogP contribution < -0.4 is 16.6 Å². The molecular formula is C18H16N4O3S. The van der Waals surface area contributed by atoms with Gasteiger partial charge in [0, 0.05) is 16.1 Å².